The summed E-state index contributed by atoms with van der Waals surface area (Å²) >= 11 is 3.25. The fourth-order valence-corrected chi connectivity index (χ4v) is 4.55. The van der Waals surface area contributed by atoms with E-state index in [0.717, 1.165) is 24.1 Å². The second-order valence-electron chi connectivity index (χ2n) is 6.32. The first-order valence-corrected chi connectivity index (χ1v) is 10.3. The van der Waals surface area contributed by atoms with Gasteiger partial charge in [0, 0.05) is 29.3 Å². The molecule has 3 rings (SSSR count). The molecule has 26 heavy (non-hydrogen) atoms. The highest BCUT2D eigenvalue weighted by Crippen LogP contribution is 2.21. The van der Waals surface area contributed by atoms with Crippen LogP contribution in [-0.2, 0) is 22.6 Å². The Morgan fingerprint density at radius 1 is 1.12 bits per heavy atom. The van der Waals surface area contributed by atoms with Crippen molar-refractivity contribution in [3.8, 4) is 0 Å². The van der Waals surface area contributed by atoms with Crippen LogP contribution in [0.25, 0.3) is 0 Å². The minimum Gasteiger partial charge on any atom is -0.380 e. The van der Waals surface area contributed by atoms with Crippen LogP contribution in [0.1, 0.15) is 28.2 Å². The van der Waals surface area contributed by atoms with E-state index < -0.39 is 24.0 Å². The molecule has 2 aromatic rings. The number of nitrogens with one attached hydrogen (secondary N) is 1. The van der Waals surface area contributed by atoms with Gasteiger partial charge in [-0.05, 0) is 47.4 Å². The van der Waals surface area contributed by atoms with Crippen molar-refractivity contribution in [2.45, 2.75) is 38.0 Å². The number of nitrogens with zero attached hydrogens (tertiary/aromatic N) is 1. The fourth-order valence-electron chi connectivity index (χ4n) is 2.89. The molecule has 0 bridgehead atoms. The average molecular weight is 395 g/mol. The Kier molecular flexibility index (Phi) is 6.42. The molecule has 0 aromatic carbocycles. The number of aliphatic hydroxyl groups excluding tert-OH is 2. The summed E-state index contributed by atoms with van der Waals surface area (Å²) in [6.45, 7) is 1.38. The average Bonchev–Trinajstić information content (AvgIpc) is 3.40. The summed E-state index contributed by atoms with van der Waals surface area (Å²) in [6.07, 6.45) is -0.855. The van der Waals surface area contributed by atoms with Crippen molar-refractivity contribution in [1.29, 1.82) is 0 Å². The molecule has 0 saturated carbocycles. The monoisotopic (exact) mass is 394 g/mol. The molecule has 3 N–H and O–H groups in total. The van der Waals surface area contributed by atoms with E-state index in [4.69, 9.17) is 0 Å². The van der Waals surface area contributed by atoms with E-state index in [1.54, 1.807) is 22.7 Å². The summed E-state index contributed by atoms with van der Waals surface area (Å²) in [5, 5.41) is 26.7. The molecule has 0 aliphatic carbocycles. The molecular weight excluding hydrogens is 372 g/mol. The molecule has 8 heteroatoms. The molecule has 2 amide bonds. The van der Waals surface area contributed by atoms with Crippen LogP contribution in [0.3, 0.4) is 0 Å². The Balaban J connectivity index is 1.48. The van der Waals surface area contributed by atoms with Crippen molar-refractivity contribution >= 4 is 34.5 Å². The number of likely N-dealkylation sites (tertiary alicyclic amines) is 1. The lowest BCUT2D eigenvalue weighted by Gasteiger charge is -2.22. The molecule has 1 aliphatic heterocycles. The summed E-state index contributed by atoms with van der Waals surface area (Å²) < 4.78 is 0. The van der Waals surface area contributed by atoms with Gasteiger partial charge in [0.2, 0.25) is 0 Å². The van der Waals surface area contributed by atoms with Gasteiger partial charge in [0.05, 0.1) is 6.54 Å². The van der Waals surface area contributed by atoms with Crippen molar-refractivity contribution in [2.75, 3.05) is 13.1 Å². The molecule has 1 saturated heterocycles. The van der Waals surface area contributed by atoms with Crippen LogP contribution in [0, 0.1) is 0 Å². The zero-order valence-corrected chi connectivity index (χ0v) is 15.9. The van der Waals surface area contributed by atoms with Gasteiger partial charge in [-0.15, -0.1) is 11.3 Å². The Labute approximate surface area is 160 Å². The zero-order chi connectivity index (χ0) is 18.5. The molecule has 2 unspecified atom stereocenters. The van der Waals surface area contributed by atoms with Crippen molar-refractivity contribution in [1.82, 2.24) is 10.2 Å². The predicted octanol–water partition coefficient (Wildman–Crippen LogP) is 1.36. The van der Waals surface area contributed by atoms with Crippen LogP contribution in [0.2, 0.25) is 0 Å². The normalized spacial score (nSPS) is 16.5. The molecule has 2 aromatic heterocycles. The molecule has 0 radical (unpaired) electrons. The number of carbonyl (C=O) groups is 2. The number of aliphatic hydroxyl groups is 2. The third-order valence-corrected chi connectivity index (χ3v) is 6.17. The Morgan fingerprint density at radius 3 is 2.54 bits per heavy atom. The van der Waals surface area contributed by atoms with Crippen molar-refractivity contribution in [2.24, 2.45) is 0 Å². The molecule has 3 heterocycles. The lowest BCUT2D eigenvalue weighted by Crippen LogP contribution is -2.50. The summed E-state index contributed by atoms with van der Waals surface area (Å²) in [6, 6.07) is 6.04. The highest BCUT2D eigenvalue weighted by Gasteiger charge is 2.34. The van der Waals surface area contributed by atoms with Crippen molar-refractivity contribution in [3.63, 3.8) is 0 Å². The molecule has 1 fully saturated rings. The summed E-state index contributed by atoms with van der Waals surface area (Å²) in [5.41, 5.74) is 1.26. The number of amides is 2. The highest BCUT2D eigenvalue weighted by atomic mass is 32.1. The van der Waals surface area contributed by atoms with E-state index in [1.165, 1.54) is 15.3 Å². The largest absolute Gasteiger partial charge is 0.380 e. The van der Waals surface area contributed by atoms with Crippen molar-refractivity contribution < 1.29 is 19.8 Å². The van der Waals surface area contributed by atoms with Gasteiger partial charge < -0.3 is 20.4 Å². The van der Waals surface area contributed by atoms with Crippen LogP contribution in [0.4, 0.5) is 0 Å². The van der Waals surface area contributed by atoms with E-state index in [-0.39, 0.29) is 6.54 Å². The lowest BCUT2D eigenvalue weighted by atomic mass is 10.1. The second kappa shape index (κ2) is 8.77. The van der Waals surface area contributed by atoms with E-state index in [2.05, 4.69) is 16.8 Å². The van der Waals surface area contributed by atoms with Gasteiger partial charge in [0.15, 0.2) is 12.2 Å². The Morgan fingerprint density at radius 2 is 1.85 bits per heavy atom. The van der Waals surface area contributed by atoms with Gasteiger partial charge in [-0.3, -0.25) is 9.59 Å². The fraction of sp³-hybridized carbons (Fsp3) is 0.444. The predicted molar refractivity (Wildman–Crippen MR) is 101 cm³/mol. The van der Waals surface area contributed by atoms with Gasteiger partial charge in [-0.25, -0.2) is 0 Å². The maximum atomic E-state index is 12.1. The third kappa shape index (κ3) is 4.70. The standard InChI is InChI=1S/C18H22N2O4S2/c21-15(16(22)18(24)20-6-1-2-7-20)17(23)19-10-14-4-3-13(26-14)9-12-5-8-25-11-12/h3-5,8,11,15-16,21-22H,1-2,6-7,9-10H2,(H,19,23). The van der Waals surface area contributed by atoms with Gasteiger partial charge in [0.1, 0.15) is 0 Å². The summed E-state index contributed by atoms with van der Waals surface area (Å²) in [7, 11) is 0. The minimum absolute atomic E-state index is 0.259. The number of hydrogen-bond donors (Lipinski definition) is 3. The summed E-state index contributed by atoms with van der Waals surface area (Å²) in [5.74, 6) is -1.32. The summed E-state index contributed by atoms with van der Waals surface area (Å²) in [4.78, 5) is 27.7. The molecule has 6 nitrogen and oxygen atoms in total. The van der Waals surface area contributed by atoms with Crippen LogP contribution in [-0.4, -0.2) is 52.2 Å². The van der Waals surface area contributed by atoms with E-state index in [9.17, 15) is 19.8 Å². The van der Waals surface area contributed by atoms with E-state index in [0.29, 0.717) is 13.1 Å². The van der Waals surface area contributed by atoms with Crippen molar-refractivity contribution in [3.05, 3.63) is 44.3 Å². The highest BCUT2D eigenvalue weighted by molar-refractivity contribution is 7.12. The van der Waals surface area contributed by atoms with Gasteiger partial charge >= 0.3 is 0 Å². The van der Waals surface area contributed by atoms with Crippen LogP contribution >= 0.6 is 22.7 Å². The molecular formula is C18H22N2O4S2. The number of hydrogen-bond acceptors (Lipinski definition) is 6. The van der Waals surface area contributed by atoms with Crippen LogP contribution in [0.15, 0.2) is 29.0 Å². The first-order chi connectivity index (χ1) is 12.5. The number of carbonyl (C=O) groups excluding carboxylic acids is 2. The first-order valence-electron chi connectivity index (χ1n) is 8.56. The molecule has 2 atom stereocenters. The SMILES string of the molecule is O=C(NCc1ccc(Cc2ccsc2)s1)C(O)C(O)C(=O)N1CCCC1. The lowest BCUT2D eigenvalue weighted by molar-refractivity contribution is -0.152. The minimum atomic E-state index is -1.76. The maximum absolute atomic E-state index is 12.1. The Hall–Kier alpha value is -1.74. The Bertz CT molecular complexity index is 738. The van der Waals surface area contributed by atoms with Crippen LogP contribution in [0.5, 0.6) is 0 Å². The maximum Gasteiger partial charge on any atom is 0.254 e. The molecule has 1 aliphatic rings. The van der Waals surface area contributed by atoms with Gasteiger partial charge in [0.25, 0.3) is 11.8 Å². The van der Waals surface area contributed by atoms with Gasteiger partial charge in [-0.1, -0.05) is 0 Å². The third-order valence-electron chi connectivity index (χ3n) is 4.35. The van der Waals surface area contributed by atoms with Gasteiger partial charge in [-0.2, -0.15) is 11.3 Å². The smallest absolute Gasteiger partial charge is 0.254 e. The van der Waals surface area contributed by atoms with E-state index >= 15 is 0 Å². The molecule has 0 spiro atoms. The number of rotatable bonds is 7. The first kappa shape index (κ1) is 19.0. The number of thiophene rings is 2. The quantitative estimate of drug-likeness (QED) is 0.662. The molecule has 140 valence electrons. The van der Waals surface area contributed by atoms with E-state index in [1.807, 2.05) is 17.5 Å². The topological polar surface area (TPSA) is 89.9 Å². The second-order valence-corrected chi connectivity index (χ2v) is 8.35. The van der Waals surface area contributed by atoms with Crippen LogP contribution < -0.4 is 5.32 Å². The zero-order valence-electron chi connectivity index (χ0n) is 14.3.